The fourth-order valence-corrected chi connectivity index (χ4v) is 3.05. The molecule has 0 aromatic heterocycles. The molecule has 0 spiro atoms. The predicted octanol–water partition coefficient (Wildman–Crippen LogP) is 3.53. The first-order valence-electron chi connectivity index (χ1n) is 7.99. The molecule has 4 heteroatoms. The Morgan fingerprint density at radius 3 is 2.95 bits per heavy atom. The summed E-state index contributed by atoms with van der Waals surface area (Å²) < 4.78 is 0. The third-order valence-electron chi connectivity index (χ3n) is 4.25. The summed E-state index contributed by atoms with van der Waals surface area (Å²) >= 11 is 0. The van der Waals surface area contributed by atoms with E-state index >= 15 is 0 Å². The predicted molar refractivity (Wildman–Crippen MR) is 90.3 cm³/mol. The molecule has 2 N–H and O–H groups in total. The van der Waals surface area contributed by atoms with Crippen molar-refractivity contribution in [1.82, 2.24) is 4.90 Å². The number of amides is 2. The lowest BCUT2D eigenvalue weighted by Gasteiger charge is -2.25. The van der Waals surface area contributed by atoms with Gasteiger partial charge in [-0.25, -0.2) is 4.79 Å². The topological polar surface area (TPSA) is 52.6 Å². The van der Waals surface area contributed by atoms with Crippen molar-refractivity contribution in [2.75, 3.05) is 18.5 Å². The van der Waals surface area contributed by atoms with Gasteiger partial charge in [-0.15, -0.1) is 6.58 Å². The molecule has 2 amide bonds. The normalized spacial score (nSPS) is 17.8. The minimum Gasteiger partial charge on any atom is -0.394 e. The van der Waals surface area contributed by atoms with E-state index in [1.54, 1.807) is 4.90 Å². The molecule has 0 aliphatic carbocycles. The number of benzene rings is 1. The molecule has 1 atom stereocenters. The number of carbonyl (C=O) groups is 1. The summed E-state index contributed by atoms with van der Waals surface area (Å²) in [5, 5.41) is 12.5. The van der Waals surface area contributed by atoms with E-state index in [4.69, 9.17) is 0 Å². The Kier molecular flexibility index (Phi) is 5.61. The minimum atomic E-state index is -0.116. The van der Waals surface area contributed by atoms with Gasteiger partial charge in [-0.3, -0.25) is 0 Å². The SMILES string of the molecule is C=CCc1cccc(C(C)C)c1NC(=O)N1CCC[C@H]1CO. The van der Waals surface area contributed by atoms with Gasteiger partial charge in [0.1, 0.15) is 0 Å². The molecular weight excluding hydrogens is 276 g/mol. The van der Waals surface area contributed by atoms with E-state index in [1.807, 2.05) is 18.2 Å². The number of para-hydroxylation sites is 1. The lowest BCUT2D eigenvalue weighted by atomic mass is 9.96. The number of nitrogens with one attached hydrogen (secondary N) is 1. The highest BCUT2D eigenvalue weighted by Crippen LogP contribution is 2.29. The molecule has 1 saturated heterocycles. The lowest BCUT2D eigenvalue weighted by Crippen LogP contribution is -2.40. The first-order chi connectivity index (χ1) is 10.6. The van der Waals surface area contributed by atoms with E-state index in [9.17, 15) is 9.90 Å². The zero-order valence-electron chi connectivity index (χ0n) is 13.5. The van der Waals surface area contributed by atoms with Gasteiger partial charge in [0.15, 0.2) is 0 Å². The van der Waals surface area contributed by atoms with Gasteiger partial charge in [-0.2, -0.15) is 0 Å². The standard InChI is InChI=1S/C18H26N2O2/c1-4-7-14-8-5-10-16(13(2)3)17(14)19-18(22)20-11-6-9-15(20)12-21/h4-5,8,10,13,15,21H,1,6-7,9,11-12H2,2-3H3,(H,19,22)/t15-/m0/s1. The number of carbonyl (C=O) groups excluding carboxylic acids is 1. The molecule has 1 aromatic carbocycles. The highest BCUT2D eigenvalue weighted by molar-refractivity contribution is 5.91. The van der Waals surface area contributed by atoms with Crippen LogP contribution in [-0.4, -0.2) is 35.2 Å². The second-order valence-electron chi connectivity index (χ2n) is 6.13. The minimum absolute atomic E-state index is 0.0265. The third kappa shape index (κ3) is 3.50. The maximum atomic E-state index is 12.6. The Bertz CT molecular complexity index is 540. The average molecular weight is 302 g/mol. The molecule has 120 valence electrons. The first-order valence-corrected chi connectivity index (χ1v) is 7.99. The number of hydrogen-bond donors (Lipinski definition) is 2. The summed E-state index contributed by atoms with van der Waals surface area (Å²) in [6.45, 7) is 8.77. The molecule has 0 radical (unpaired) electrons. The quantitative estimate of drug-likeness (QED) is 0.818. The highest BCUT2D eigenvalue weighted by atomic mass is 16.3. The van der Waals surface area contributed by atoms with Gasteiger partial charge in [0.2, 0.25) is 0 Å². The maximum Gasteiger partial charge on any atom is 0.322 e. The van der Waals surface area contributed by atoms with Crippen LogP contribution in [0.2, 0.25) is 0 Å². The number of hydrogen-bond acceptors (Lipinski definition) is 2. The summed E-state index contributed by atoms with van der Waals surface area (Å²) in [5.41, 5.74) is 3.10. The molecule has 1 heterocycles. The number of aliphatic hydroxyl groups is 1. The van der Waals surface area contributed by atoms with Crippen LogP contribution in [0.3, 0.4) is 0 Å². The Morgan fingerprint density at radius 2 is 2.32 bits per heavy atom. The van der Waals surface area contributed by atoms with Gasteiger partial charge in [0.25, 0.3) is 0 Å². The van der Waals surface area contributed by atoms with Crippen molar-refractivity contribution in [3.63, 3.8) is 0 Å². The Hall–Kier alpha value is -1.81. The van der Waals surface area contributed by atoms with Crippen molar-refractivity contribution in [2.24, 2.45) is 0 Å². The number of likely N-dealkylation sites (tertiary alicyclic amines) is 1. The van der Waals surface area contributed by atoms with E-state index in [0.717, 1.165) is 36.1 Å². The monoisotopic (exact) mass is 302 g/mol. The third-order valence-corrected chi connectivity index (χ3v) is 4.25. The van der Waals surface area contributed by atoms with Crippen LogP contribution < -0.4 is 5.32 Å². The Labute approximate surface area is 132 Å². The van der Waals surface area contributed by atoms with Crippen LogP contribution in [0.5, 0.6) is 0 Å². The first kappa shape index (κ1) is 16.6. The van der Waals surface area contributed by atoms with Gasteiger partial charge in [0, 0.05) is 12.2 Å². The van der Waals surface area contributed by atoms with Crippen LogP contribution in [0.4, 0.5) is 10.5 Å². The van der Waals surface area contributed by atoms with E-state index in [-0.39, 0.29) is 18.7 Å². The number of nitrogens with zero attached hydrogens (tertiary/aromatic N) is 1. The summed E-state index contributed by atoms with van der Waals surface area (Å²) in [4.78, 5) is 14.3. The molecule has 0 saturated carbocycles. The summed E-state index contributed by atoms with van der Waals surface area (Å²) in [5.74, 6) is 0.326. The molecular formula is C18H26N2O2. The molecule has 0 bridgehead atoms. The highest BCUT2D eigenvalue weighted by Gasteiger charge is 2.28. The molecule has 1 aliphatic heterocycles. The van der Waals surface area contributed by atoms with Crippen molar-refractivity contribution in [2.45, 2.75) is 45.1 Å². The second kappa shape index (κ2) is 7.45. The zero-order chi connectivity index (χ0) is 16.1. The Balaban J connectivity index is 2.27. The average Bonchev–Trinajstić information content (AvgIpc) is 2.97. The van der Waals surface area contributed by atoms with Crippen molar-refractivity contribution >= 4 is 11.7 Å². The van der Waals surface area contributed by atoms with E-state index < -0.39 is 0 Å². The molecule has 4 nitrogen and oxygen atoms in total. The van der Waals surface area contributed by atoms with Gasteiger partial charge >= 0.3 is 6.03 Å². The maximum absolute atomic E-state index is 12.6. The van der Waals surface area contributed by atoms with Gasteiger partial charge in [-0.05, 0) is 36.3 Å². The summed E-state index contributed by atoms with van der Waals surface area (Å²) in [7, 11) is 0. The summed E-state index contributed by atoms with van der Waals surface area (Å²) in [6, 6.07) is 5.93. The summed E-state index contributed by atoms with van der Waals surface area (Å²) in [6.07, 6.45) is 4.39. The van der Waals surface area contributed by atoms with Crippen LogP contribution in [0, 0.1) is 0 Å². The van der Waals surface area contributed by atoms with Crippen molar-refractivity contribution in [3.05, 3.63) is 42.0 Å². The molecule has 1 fully saturated rings. The zero-order valence-corrected chi connectivity index (χ0v) is 13.5. The van der Waals surface area contributed by atoms with Gasteiger partial charge in [-0.1, -0.05) is 38.1 Å². The van der Waals surface area contributed by atoms with Crippen molar-refractivity contribution in [3.8, 4) is 0 Å². The van der Waals surface area contributed by atoms with Crippen LogP contribution in [-0.2, 0) is 6.42 Å². The largest absolute Gasteiger partial charge is 0.394 e. The van der Waals surface area contributed by atoms with Crippen LogP contribution >= 0.6 is 0 Å². The fraction of sp³-hybridized carbons (Fsp3) is 0.500. The molecule has 0 unspecified atom stereocenters. The molecule has 1 aliphatic rings. The van der Waals surface area contributed by atoms with Gasteiger partial charge in [0.05, 0.1) is 12.6 Å². The van der Waals surface area contributed by atoms with Crippen molar-refractivity contribution < 1.29 is 9.90 Å². The number of aliphatic hydroxyl groups excluding tert-OH is 1. The van der Waals surface area contributed by atoms with E-state index in [1.165, 1.54) is 0 Å². The second-order valence-corrected chi connectivity index (χ2v) is 6.13. The van der Waals surface area contributed by atoms with Gasteiger partial charge < -0.3 is 15.3 Å². The van der Waals surface area contributed by atoms with E-state index in [2.05, 4.69) is 31.8 Å². The lowest BCUT2D eigenvalue weighted by molar-refractivity contribution is 0.166. The fourth-order valence-electron chi connectivity index (χ4n) is 3.05. The number of allylic oxidation sites excluding steroid dienone is 1. The van der Waals surface area contributed by atoms with E-state index in [0.29, 0.717) is 12.5 Å². The number of rotatable bonds is 5. The smallest absolute Gasteiger partial charge is 0.322 e. The molecule has 22 heavy (non-hydrogen) atoms. The molecule has 2 rings (SSSR count). The number of urea groups is 1. The van der Waals surface area contributed by atoms with Crippen LogP contribution in [0.1, 0.15) is 43.7 Å². The Morgan fingerprint density at radius 1 is 1.55 bits per heavy atom. The molecule has 1 aromatic rings. The van der Waals surface area contributed by atoms with Crippen molar-refractivity contribution in [1.29, 1.82) is 0 Å². The number of anilines is 1. The van der Waals surface area contributed by atoms with Crippen LogP contribution in [0.25, 0.3) is 0 Å². The van der Waals surface area contributed by atoms with Crippen LogP contribution in [0.15, 0.2) is 30.9 Å².